The number of piperidine rings is 1. The number of carbonyl (C=O) groups excluding carboxylic acids is 2. The van der Waals surface area contributed by atoms with E-state index in [4.69, 9.17) is 0 Å². The highest BCUT2D eigenvalue weighted by Crippen LogP contribution is 2.21. The zero-order valence-electron chi connectivity index (χ0n) is 10.6. The second-order valence-electron chi connectivity index (χ2n) is 4.90. The summed E-state index contributed by atoms with van der Waals surface area (Å²) in [6.45, 7) is 4.35. The molecule has 17 heavy (non-hydrogen) atoms. The smallest absolute Gasteiger partial charge is 0.240 e. The third kappa shape index (κ3) is 2.44. The Morgan fingerprint density at radius 1 is 1.35 bits per heavy atom. The molecule has 0 bridgehead atoms. The van der Waals surface area contributed by atoms with Crippen molar-refractivity contribution in [2.75, 3.05) is 26.7 Å². The average Bonchev–Trinajstić information content (AvgIpc) is 2.66. The minimum absolute atomic E-state index is 0.0112. The van der Waals surface area contributed by atoms with Crippen molar-refractivity contribution in [2.45, 2.75) is 38.3 Å². The van der Waals surface area contributed by atoms with Gasteiger partial charge in [-0.15, -0.1) is 0 Å². The molecule has 0 aromatic carbocycles. The monoisotopic (exact) mass is 239 g/mol. The Bertz CT molecular complexity index is 319. The minimum atomic E-state index is -0.0112. The van der Waals surface area contributed by atoms with Gasteiger partial charge in [0.25, 0.3) is 0 Å². The van der Waals surface area contributed by atoms with Crippen LogP contribution in [-0.4, -0.2) is 60.4 Å². The van der Waals surface area contributed by atoms with Crippen molar-refractivity contribution in [2.24, 2.45) is 0 Å². The van der Waals surface area contributed by atoms with Gasteiger partial charge in [0.15, 0.2) is 0 Å². The number of amides is 2. The lowest BCUT2D eigenvalue weighted by atomic mass is 10.0. The van der Waals surface area contributed by atoms with E-state index < -0.39 is 0 Å². The molecule has 2 aliphatic heterocycles. The van der Waals surface area contributed by atoms with Gasteiger partial charge in [-0.3, -0.25) is 9.59 Å². The van der Waals surface area contributed by atoms with E-state index in [2.05, 4.69) is 5.32 Å². The summed E-state index contributed by atoms with van der Waals surface area (Å²) in [5.41, 5.74) is 0. The molecule has 0 spiro atoms. The predicted molar refractivity (Wildman–Crippen MR) is 64.5 cm³/mol. The number of hydrogen-bond donors (Lipinski definition) is 1. The van der Waals surface area contributed by atoms with E-state index >= 15 is 0 Å². The summed E-state index contributed by atoms with van der Waals surface area (Å²) in [6, 6.07) is 0.205. The van der Waals surface area contributed by atoms with Crippen LogP contribution in [0.25, 0.3) is 0 Å². The van der Waals surface area contributed by atoms with Gasteiger partial charge < -0.3 is 15.1 Å². The third-order valence-electron chi connectivity index (χ3n) is 3.73. The number of likely N-dealkylation sites (N-methyl/N-ethyl adjacent to an activating group) is 2. The van der Waals surface area contributed by atoms with Crippen LogP contribution in [0.1, 0.15) is 26.2 Å². The van der Waals surface area contributed by atoms with Crippen LogP contribution in [0, 0.1) is 0 Å². The maximum absolute atomic E-state index is 12.1. The van der Waals surface area contributed by atoms with Crippen molar-refractivity contribution < 1.29 is 9.59 Å². The molecule has 0 aliphatic carbocycles. The topological polar surface area (TPSA) is 52.7 Å². The molecule has 5 nitrogen and oxygen atoms in total. The zero-order valence-corrected chi connectivity index (χ0v) is 10.6. The zero-order chi connectivity index (χ0) is 12.4. The average molecular weight is 239 g/mol. The Morgan fingerprint density at radius 2 is 2.12 bits per heavy atom. The lowest BCUT2D eigenvalue weighted by Gasteiger charge is -2.35. The van der Waals surface area contributed by atoms with Crippen molar-refractivity contribution >= 4 is 11.8 Å². The largest absolute Gasteiger partial charge is 0.344 e. The van der Waals surface area contributed by atoms with Crippen molar-refractivity contribution in [3.8, 4) is 0 Å². The predicted octanol–water partition coefficient (Wildman–Crippen LogP) is -0.182. The van der Waals surface area contributed by atoms with Crippen LogP contribution in [0.3, 0.4) is 0 Å². The van der Waals surface area contributed by atoms with Gasteiger partial charge in [0.1, 0.15) is 0 Å². The van der Waals surface area contributed by atoms with Crippen LogP contribution in [0.5, 0.6) is 0 Å². The molecule has 1 N–H and O–H groups in total. The SMILES string of the molecule is CCNC1CCN(C2CCC(=O)N(C)C2)C1=O. The lowest BCUT2D eigenvalue weighted by Crippen LogP contribution is -2.51. The van der Waals surface area contributed by atoms with Crippen molar-refractivity contribution in [3.05, 3.63) is 0 Å². The molecule has 0 saturated carbocycles. The lowest BCUT2D eigenvalue weighted by molar-refractivity contribution is -0.139. The van der Waals surface area contributed by atoms with Crippen LogP contribution in [0.15, 0.2) is 0 Å². The molecule has 0 aromatic heterocycles. The molecule has 0 aromatic rings. The molecular weight excluding hydrogens is 218 g/mol. The number of carbonyl (C=O) groups is 2. The fourth-order valence-electron chi connectivity index (χ4n) is 2.74. The molecule has 5 heteroatoms. The van der Waals surface area contributed by atoms with Crippen LogP contribution in [0.2, 0.25) is 0 Å². The standard InChI is InChI=1S/C12H21N3O2/c1-3-13-10-6-7-15(12(10)17)9-4-5-11(16)14(2)8-9/h9-10,13H,3-8H2,1-2H3. The molecular formula is C12H21N3O2. The first-order valence-electron chi connectivity index (χ1n) is 6.41. The van der Waals surface area contributed by atoms with E-state index in [-0.39, 0.29) is 23.9 Å². The Kier molecular flexibility index (Phi) is 3.66. The van der Waals surface area contributed by atoms with Gasteiger partial charge in [0, 0.05) is 32.6 Å². The Labute approximate surface area is 102 Å². The summed E-state index contributed by atoms with van der Waals surface area (Å²) in [5, 5.41) is 3.21. The van der Waals surface area contributed by atoms with E-state index in [1.165, 1.54) is 0 Å². The molecule has 2 amide bonds. The third-order valence-corrected chi connectivity index (χ3v) is 3.73. The summed E-state index contributed by atoms with van der Waals surface area (Å²) < 4.78 is 0. The molecule has 0 radical (unpaired) electrons. The molecule has 2 rings (SSSR count). The fraction of sp³-hybridized carbons (Fsp3) is 0.833. The Morgan fingerprint density at radius 3 is 2.76 bits per heavy atom. The van der Waals surface area contributed by atoms with Gasteiger partial charge in [-0.2, -0.15) is 0 Å². The van der Waals surface area contributed by atoms with Gasteiger partial charge >= 0.3 is 0 Å². The van der Waals surface area contributed by atoms with E-state index in [9.17, 15) is 9.59 Å². The van der Waals surface area contributed by atoms with Crippen molar-refractivity contribution in [1.82, 2.24) is 15.1 Å². The van der Waals surface area contributed by atoms with Gasteiger partial charge in [-0.25, -0.2) is 0 Å². The van der Waals surface area contributed by atoms with Gasteiger partial charge in [0.05, 0.1) is 6.04 Å². The van der Waals surface area contributed by atoms with Gasteiger partial charge in [-0.05, 0) is 19.4 Å². The number of nitrogens with one attached hydrogen (secondary N) is 1. The molecule has 96 valence electrons. The van der Waals surface area contributed by atoms with Crippen molar-refractivity contribution in [1.29, 1.82) is 0 Å². The van der Waals surface area contributed by atoms with Gasteiger partial charge in [-0.1, -0.05) is 6.92 Å². The first kappa shape index (κ1) is 12.4. The van der Waals surface area contributed by atoms with E-state index in [0.717, 1.165) is 25.9 Å². The van der Waals surface area contributed by atoms with E-state index in [0.29, 0.717) is 13.0 Å². The second-order valence-corrected chi connectivity index (χ2v) is 4.90. The molecule has 2 aliphatic rings. The summed E-state index contributed by atoms with van der Waals surface area (Å²) in [6.07, 6.45) is 2.27. The molecule has 2 heterocycles. The minimum Gasteiger partial charge on any atom is -0.344 e. The number of rotatable bonds is 3. The van der Waals surface area contributed by atoms with Crippen molar-refractivity contribution in [3.63, 3.8) is 0 Å². The first-order valence-corrected chi connectivity index (χ1v) is 6.41. The molecule has 2 atom stereocenters. The normalized spacial score (nSPS) is 30.2. The molecule has 2 fully saturated rings. The molecule has 2 unspecified atom stereocenters. The van der Waals surface area contributed by atoms with Crippen LogP contribution >= 0.6 is 0 Å². The quantitative estimate of drug-likeness (QED) is 0.743. The second kappa shape index (κ2) is 5.04. The highest BCUT2D eigenvalue weighted by atomic mass is 16.2. The number of likely N-dealkylation sites (tertiary alicyclic amines) is 2. The highest BCUT2D eigenvalue weighted by Gasteiger charge is 2.37. The van der Waals surface area contributed by atoms with Crippen LogP contribution < -0.4 is 5.32 Å². The summed E-state index contributed by atoms with van der Waals surface area (Å²) in [4.78, 5) is 27.2. The van der Waals surface area contributed by atoms with Gasteiger partial charge in [0.2, 0.25) is 11.8 Å². The van der Waals surface area contributed by atoms with Crippen LogP contribution in [-0.2, 0) is 9.59 Å². The summed E-state index contributed by atoms with van der Waals surface area (Å²) in [5.74, 6) is 0.399. The molecule has 2 saturated heterocycles. The summed E-state index contributed by atoms with van der Waals surface area (Å²) in [7, 11) is 1.82. The Balaban J connectivity index is 1.95. The fourth-order valence-corrected chi connectivity index (χ4v) is 2.74. The van der Waals surface area contributed by atoms with E-state index in [1.54, 1.807) is 4.90 Å². The van der Waals surface area contributed by atoms with E-state index in [1.807, 2.05) is 18.9 Å². The highest BCUT2D eigenvalue weighted by molar-refractivity contribution is 5.85. The number of hydrogen-bond acceptors (Lipinski definition) is 3. The Hall–Kier alpha value is -1.10. The van der Waals surface area contributed by atoms with Crippen LogP contribution in [0.4, 0.5) is 0 Å². The number of nitrogens with zero attached hydrogens (tertiary/aromatic N) is 2. The summed E-state index contributed by atoms with van der Waals surface area (Å²) >= 11 is 0. The maximum Gasteiger partial charge on any atom is 0.240 e. The first-order chi connectivity index (χ1) is 8.13. The maximum atomic E-state index is 12.1.